The van der Waals surface area contributed by atoms with E-state index >= 15 is 0 Å². The third kappa shape index (κ3) is 3.37. The number of anilines is 1. The first kappa shape index (κ1) is 16.3. The zero-order valence-electron chi connectivity index (χ0n) is 13.6. The molecule has 3 rings (SSSR count). The van der Waals surface area contributed by atoms with E-state index in [9.17, 15) is 13.2 Å². The molecule has 2 aliphatic rings. The molecule has 1 N–H and O–H groups in total. The van der Waals surface area contributed by atoms with Gasteiger partial charge < -0.3 is 5.32 Å². The second-order valence-electron chi connectivity index (χ2n) is 6.86. The van der Waals surface area contributed by atoms with Crippen molar-refractivity contribution in [3.05, 3.63) is 30.3 Å². The molecule has 6 heteroatoms. The number of amides is 1. The second-order valence-corrected chi connectivity index (χ2v) is 8.72. The molecular weight excluding hydrogens is 312 g/mol. The normalized spacial score (nSPS) is 27.7. The maximum Gasteiger partial charge on any atom is 0.243 e. The van der Waals surface area contributed by atoms with Crippen molar-refractivity contribution in [2.45, 2.75) is 44.7 Å². The standard InChI is InChI=1S/C17H24N2O3S/c1-12(17(20)18-16-11-13-8-9-14(16)10-13)19(23(2,21)22)15-6-4-3-5-7-15/h3-7,12-14,16H,8-11H2,1-2H3,(H,18,20)/t12-,13+,14+,16-/m1/s1. The van der Waals surface area contributed by atoms with E-state index < -0.39 is 16.1 Å². The fourth-order valence-corrected chi connectivity index (χ4v) is 5.28. The van der Waals surface area contributed by atoms with Crippen molar-refractivity contribution < 1.29 is 13.2 Å². The van der Waals surface area contributed by atoms with Crippen LogP contribution in [0.5, 0.6) is 0 Å². The Kier molecular flexibility index (Phi) is 4.36. The van der Waals surface area contributed by atoms with Crippen LogP contribution in [0.2, 0.25) is 0 Å². The molecule has 126 valence electrons. The van der Waals surface area contributed by atoms with Crippen LogP contribution in [-0.2, 0) is 14.8 Å². The maximum atomic E-state index is 12.6. The van der Waals surface area contributed by atoms with Crippen LogP contribution in [0.15, 0.2) is 30.3 Å². The van der Waals surface area contributed by atoms with Crippen molar-refractivity contribution in [1.29, 1.82) is 0 Å². The van der Waals surface area contributed by atoms with Crippen molar-refractivity contribution in [2.75, 3.05) is 10.6 Å². The number of fused-ring (bicyclic) bond motifs is 2. The molecule has 0 aliphatic heterocycles. The molecule has 0 heterocycles. The lowest BCUT2D eigenvalue weighted by molar-refractivity contribution is -0.122. The van der Waals surface area contributed by atoms with Gasteiger partial charge in [-0.3, -0.25) is 9.10 Å². The van der Waals surface area contributed by atoms with E-state index in [0.717, 1.165) is 18.6 Å². The topological polar surface area (TPSA) is 66.5 Å². The van der Waals surface area contributed by atoms with Gasteiger partial charge in [-0.2, -0.15) is 0 Å². The highest BCUT2D eigenvalue weighted by Crippen LogP contribution is 2.44. The van der Waals surface area contributed by atoms with Gasteiger partial charge in [0.25, 0.3) is 0 Å². The third-order valence-corrected chi connectivity index (χ3v) is 6.41. The number of benzene rings is 1. The molecule has 1 aromatic rings. The fourth-order valence-electron chi connectivity index (χ4n) is 4.11. The summed E-state index contributed by atoms with van der Waals surface area (Å²) in [6.07, 6.45) is 5.83. The number of sulfonamides is 1. The molecule has 1 amide bonds. The Morgan fingerprint density at radius 2 is 1.91 bits per heavy atom. The minimum Gasteiger partial charge on any atom is -0.351 e. The van der Waals surface area contributed by atoms with E-state index in [4.69, 9.17) is 0 Å². The quantitative estimate of drug-likeness (QED) is 0.896. The smallest absolute Gasteiger partial charge is 0.243 e. The molecule has 0 saturated heterocycles. The van der Waals surface area contributed by atoms with E-state index in [1.807, 2.05) is 6.07 Å². The lowest BCUT2D eigenvalue weighted by atomic mass is 9.95. The Hall–Kier alpha value is -1.56. The number of hydrogen-bond acceptors (Lipinski definition) is 3. The molecule has 0 aromatic heterocycles. The summed E-state index contributed by atoms with van der Waals surface area (Å²) in [6.45, 7) is 1.65. The minimum atomic E-state index is -3.53. The van der Waals surface area contributed by atoms with Crippen molar-refractivity contribution in [1.82, 2.24) is 5.32 Å². The summed E-state index contributed by atoms with van der Waals surface area (Å²) >= 11 is 0. The van der Waals surface area contributed by atoms with Crippen LogP contribution >= 0.6 is 0 Å². The average molecular weight is 336 g/mol. The van der Waals surface area contributed by atoms with Crippen molar-refractivity contribution in [2.24, 2.45) is 11.8 Å². The molecule has 23 heavy (non-hydrogen) atoms. The molecule has 0 unspecified atom stereocenters. The molecule has 0 radical (unpaired) electrons. The van der Waals surface area contributed by atoms with Gasteiger partial charge in [0.15, 0.2) is 0 Å². The van der Waals surface area contributed by atoms with E-state index in [-0.39, 0.29) is 11.9 Å². The average Bonchev–Trinajstić information content (AvgIpc) is 3.09. The van der Waals surface area contributed by atoms with Gasteiger partial charge in [-0.1, -0.05) is 24.6 Å². The van der Waals surface area contributed by atoms with Crippen LogP contribution in [0.1, 0.15) is 32.6 Å². The molecule has 2 saturated carbocycles. The first-order chi connectivity index (χ1) is 10.9. The highest BCUT2D eigenvalue weighted by Gasteiger charge is 2.41. The van der Waals surface area contributed by atoms with Gasteiger partial charge in [-0.05, 0) is 50.2 Å². The fraction of sp³-hybridized carbons (Fsp3) is 0.588. The highest BCUT2D eigenvalue weighted by molar-refractivity contribution is 7.92. The molecule has 0 spiro atoms. The van der Waals surface area contributed by atoms with E-state index in [0.29, 0.717) is 11.6 Å². The Labute approximate surface area is 138 Å². The van der Waals surface area contributed by atoms with E-state index in [2.05, 4.69) is 5.32 Å². The number of carbonyl (C=O) groups excluding carboxylic acids is 1. The van der Waals surface area contributed by atoms with Crippen molar-refractivity contribution in [3.63, 3.8) is 0 Å². The highest BCUT2D eigenvalue weighted by atomic mass is 32.2. The van der Waals surface area contributed by atoms with Gasteiger partial charge >= 0.3 is 0 Å². The number of rotatable bonds is 5. The summed E-state index contributed by atoms with van der Waals surface area (Å²) in [5.41, 5.74) is 0.519. The zero-order valence-corrected chi connectivity index (χ0v) is 14.4. The van der Waals surface area contributed by atoms with Gasteiger partial charge in [0.2, 0.25) is 15.9 Å². The molecular formula is C17H24N2O3S. The third-order valence-electron chi connectivity index (χ3n) is 5.16. The van der Waals surface area contributed by atoms with E-state index in [1.54, 1.807) is 31.2 Å². The van der Waals surface area contributed by atoms with Crippen LogP contribution in [0.25, 0.3) is 0 Å². The Bertz CT molecular complexity index is 674. The van der Waals surface area contributed by atoms with Crippen LogP contribution in [-0.4, -0.2) is 32.7 Å². The monoisotopic (exact) mass is 336 g/mol. The van der Waals surface area contributed by atoms with Gasteiger partial charge in [0, 0.05) is 6.04 Å². The molecule has 5 nitrogen and oxygen atoms in total. The SMILES string of the molecule is C[C@H](C(=O)N[C@@H]1C[C@H]2CC[C@H]1C2)N(c1ccccc1)S(C)(=O)=O. The number of nitrogens with zero attached hydrogens (tertiary/aromatic N) is 1. The predicted octanol–water partition coefficient (Wildman–Crippen LogP) is 2.15. The summed E-state index contributed by atoms with van der Waals surface area (Å²) in [4.78, 5) is 12.6. The van der Waals surface area contributed by atoms with Gasteiger partial charge in [-0.15, -0.1) is 0 Å². The van der Waals surface area contributed by atoms with Gasteiger partial charge in [0.05, 0.1) is 11.9 Å². The van der Waals surface area contributed by atoms with Crippen LogP contribution in [0, 0.1) is 11.8 Å². The first-order valence-corrected chi connectivity index (χ1v) is 10.1. The summed E-state index contributed by atoms with van der Waals surface area (Å²) in [5.74, 6) is 1.09. The summed E-state index contributed by atoms with van der Waals surface area (Å²) in [5, 5.41) is 3.09. The molecule has 2 fully saturated rings. The van der Waals surface area contributed by atoms with E-state index in [1.165, 1.54) is 23.6 Å². The molecule has 2 aliphatic carbocycles. The number of nitrogens with one attached hydrogen (secondary N) is 1. The summed E-state index contributed by atoms with van der Waals surface area (Å²) in [7, 11) is -3.53. The van der Waals surface area contributed by atoms with Crippen LogP contribution in [0.3, 0.4) is 0 Å². The minimum absolute atomic E-state index is 0.209. The van der Waals surface area contributed by atoms with Crippen molar-refractivity contribution in [3.8, 4) is 0 Å². The Balaban J connectivity index is 1.75. The lowest BCUT2D eigenvalue weighted by Crippen LogP contribution is -2.51. The van der Waals surface area contributed by atoms with Gasteiger partial charge in [0.1, 0.15) is 6.04 Å². The molecule has 1 aromatic carbocycles. The number of hydrogen-bond donors (Lipinski definition) is 1. The molecule has 4 atom stereocenters. The number of carbonyl (C=O) groups is 1. The van der Waals surface area contributed by atoms with Crippen LogP contribution < -0.4 is 9.62 Å². The van der Waals surface area contributed by atoms with Crippen LogP contribution in [0.4, 0.5) is 5.69 Å². The largest absolute Gasteiger partial charge is 0.351 e. The second kappa shape index (κ2) is 6.15. The Morgan fingerprint density at radius 1 is 1.22 bits per heavy atom. The summed E-state index contributed by atoms with van der Waals surface area (Å²) in [6, 6.07) is 8.24. The Morgan fingerprint density at radius 3 is 2.43 bits per heavy atom. The number of para-hydroxylation sites is 1. The first-order valence-electron chi connectivity index (χ1n) is 8.21. The maximum absolute atomic E-state index is 12.6. The predicted molar refractivity (Wildman–Crippen MR) is 90.6 cm³/mol. The van der Waals surface area contributed by atoms with Gasteiger partial charge in [-0.25, -0.2) is 8.42 Å². The zero-order chi connectivity index (χ0) is 16.6. The van der Waals surface area contributed by atoms with Crippen molar-refractivity contribution >= 4 is 21.6 Å². The molecule has 2 bridgehead atoms. The summed E-state index contributed by atoms with van der Waals surface area (Å²) < 4.78 is 25.6. The lowest BCUT2D eigenvalue weighted by Gasteiger charge is -2.30.